The van der Waals surface area contributed by atoms with Crippen LogP contribution in [0.3, 0.4) is 0 Å². The van der Waals surface area contributed by atoms with Crippen molar-refractivity contribution < 1.29 is 22.7 Å². The van der Waals surface area contributed by atoms with Crippen LogP contribution in [0.15, 0.2) is 60.9 Å². The number of benzene rings is 1. The first-order valence-electron chi connectivity index (χ1n) is 10.7. The number of hydrogen-bond donors (Lipinski definition) is 1. The lowest BCUT2D eigenvalue weighted by Crippen LogP contribution is -2.38. The molecule has 0 atom stereocenters. The number of anilines is 2. The SMILES string of the molecule is O=C(Nc1cccc(OCc2ccccn2)c1)C1CCN(c2ncc(C(F)(F)F)cc2Cl)CC1. The van der Waals surface area contributed by atoms with Crippen molar-refractivity contribution in [1.29, 1.82) is 0 Å². The Kier molecular flexibility index (Phi) is 7.21. The summed E-state index contributed by atoms with van der Waals surface area (Å²) >= 11 is 6.06. The number of carbonyl (C=O) groups excluding carboxylic acids is 1. The van der Waals surface area contributed by atoms with E-state index in [0.29, 0.717) is 49.8 Å². The number of alkyl halides is 3. The molecule has 1 aliphatic rings. The summed E-state index contributed by atoms with van der Waals surface area (Å²) in [7, 11) is 0. The van der Waals surface area contributed by atoms with Gasteiger partial charge in [-0.3, -0.25) is 9.78 Å². The molecular formula is C24H22ClF3N4O2. The van der Waals surface area contributed by atoms with E-state index in [9.17, 15) is 18.0 Å². The van der Waals surface area contributed by atoms with E-state index in [1.54, 1.807) is 35.4 Å². The molecule has 178 valence electrons. The van der Waals surface area contributed by atoms with E-state index in [1.807, 2.05) is 18.2 Å². The second-order valence-electron chi connectivity index (χ2n) is 7.92. The van der Waals surface area contributed by atoms with Crippen LogP contribution in [0, 0.1) is 5.92 Å². The van der Waals surface area contributed by atoms with Gasteiger partial charge in [0.2, 0.25) is 5.91 Å². The van der Waals surface area contributed by atoms with Gasteiger partial charge in [-0.25, -0.2) is 4.98 Å². The van der Waals surface area contributed by atoms with Crippen molar-refractivity contribution >= 4 is 29.0 Å². The molecule has 0 bridgehead atoms. The van der Waals surface area contributed by atoms with Gasteiger partial charge in [-0.15, -0.1) is 0 Å². The van der Waals surface area contributed by atoms with Crippen LogP contribution in [0.4, 0.5) is 24.7 Å². The molecule has 1 saturated heterocycles. The normalized spacial score (nSPS) is 14.6. The first kappa shape index (κ1) is 23.8. The van der Waals surface area contributed by atoms with Crippen molar-refractivity contribution in [2.75, 3.05) is 23.3 Å². The van der Waals surface area contributed by atoms with Gasteiger partial charge in [0.15, 0.2) is 0 Å². The number of halogens is 4. The maximum absolute atomic E-state index is 12.8. The van der Waals surface area contributed by atoms with Crippen LogP contribution >= 0.6 is 11.6 Å². The summed E-state index contributed by atoms with van der Waals surface area (Å²) in [6.45, 7) is 1.24. The largest absolute Gasteiger partial charge is 0.487 e. The number of hydrogen-bond acceptors (Lipinski definition) is 5. The fraction of sp³-hybridized carbons (Fsp3) is 0.292. The summed E-state index contributed by atoms with van der Waals surface area (Å²) in [5, 5.41) is 2.87. The molecule has 3 aromatic rings. The maximum atomic E-state index is 12.8. The number of carbonyl (C=O) groups is 1. The van der Waals surface area contributed by atoms with Crippen LogP contribution in [-0.4, -0.2) is 29.0 Å². The highest BCUT2D eigenvalue weighted by molar-refractivity contribution is 6.33. The Morgan fingerprint density at radius 3 is 2.59 bits per heavy atom. The first-order valence-corrected chi connectivity index (χ1v) is 11.1. The van der Waals surface area contributed by atoms with Gasteiger partial charge < -0.3 is 15.0 Å². The minimum atomic E-state index is -4.50. The Morgan fingerprint density at radius 1 is 1.12 bits per heavy atom. The molecule has 0 spiro atoms. The Balaban J connectivity index is 1.31. The molecule has 1 amide bonds. The van der Waals surface area contributed by atoms with Gasteiger partial charge in [0, 0.05) is 43.2 Å². The average Bonchev–Trinajstić information content (AvgIpc) is 2.83. The summed E-state index contributed by atoms with van der Waals surface area (Å²) in [5.74, 6) is 0.558. The number of amides is 1. The summed E-state index contributed by atoms with van der Waals surface area (Å²) in [4.78, 5) is 22.7. The van der Waals surface area contributed by atoms with E-state index in [2.05, 4.69) is 15.3 Å². The Morgan fingerprint density at radius 2 is 1.91 bits per heavy atom. The van der Waals surface area contributed by atoms with Gasteiger partial charge >= 0.3 is 6.18 Å². The molecule has 1 aliphatic heterocycles. The van der Waals surface area contributed by atoms with Gasteiger partial charge in [-0.05, 0) is 43.2 Å². The number of nitrogens with one attached hydrogen (secondary N) is 1. The van der Waals surface area contributed by atoms with Crippen LogP contribution in [-0.2, 0) is 17.6 Å². The fourth-order valence-electron chi connectivity index (χ4n) is 3.72. The number of nitrogens with zero attached hydrogens (tertiary/aromatic N) is 3. The number of ether oxygens (including phenoxy) is 1. The third-order valence-electron chi connectivity index (χ3n) is 5.53. The molecule has 1 N–H and O–H groups in total. The second kappa shape index (κ2) is 10.3. The first-order chi connectivity index (χ1) is 16.3. The lowest BCUT2D eigenvalue weighted by Gasteiger charge is -2.32. The molecule has 4 rings (SSSR count). The number of rotatable bonds is 6. The number of aromatic nitrogens is 2. The van der Waals surface area contributed by atoms with Crippen molar-refractivity contribution in [3.05, 3.63) is 77.2 Å². The quantitative estimate of drug-likeness (QED) is 0.488. The van der Waals surface area contributed by atoms with E-state index >= 15 is 0 Å². The highest BCUT2D eigenvalue weighted by atomic mass is 35.5. The minimum Gasteiger partial charge on any atom is -0.487 e. The van der Waals surface area contributed by atoms with E-state index in [-0.39, 0.29) is 16.8 Å². The zero-order valence-corrected chi connectivity index (χ0v) is 18.8. The minimum absolute atomic E-state index is 0.0553. The number of pyridine rings is 2. The summed E-state index contributed by atoms with van der Waals surface area (Å²) < 4.78 is 44.3. The lowest BCUT2D eigenvalue weighted by atomic mass is 9.95. The third kappa shape index (κ3) is 5.96. The van der Waals surface area contributed by atoms with E-state index in [4.69, 9.17) is 16.3 Å². The lowest BCUT2D eigenvalue weighted by molar-refractivity contribution is -0.137. The van der Waals surface area contributed by atoms with Crippen LogP contribution in [0.2, 0.25) is 5.02 Å². The van der Waals surface area contributed by atoms with Crippen molar-refractivity contribution in [2.24, 2.45) is 5.92 Å². The number of piperidine rings is 1. The average molecular weight is 491 g/mol. The second-order valence-corrected chi connectivity index (χ2v) is 8.32. The molecule has 6 nitrogen and oxygen atoms in total. The molecule has 0 radical (unpaired) electrons. The highest BCUT2D eigenvalue weighted by Gasteiger charge is 2.33. The highest BCUT2D eigenvalue weighted by Crippen LogP contribution is 2.34. The smallest absolute Gasteiger partial charge is 0.417 e. The standard InChI is InChI=1S/C24H22ClF3N4O2/c25-21-12-17(24(26,27)28)14-30-22(21)32-10-7-16(8-11-32)23(33)31-18-5-3-6-20(13-18)34-15-19-4-1-2-9-29-19/h1-6,9,12-14,16H,7-8,10-11,15H2,(H,31,33). The van der Waals surface area contributed by atoms with E-state index in [0.717, 1.165) is 18.0 Å². The molecule has 2 aromatic heterocycles. The topological polar surface area (TPSA) is 67.3 Å². The summed E-state index contributed by atoms with van der Waals surface area (Å²) in [5.41, 5.74) is 0.534. The zero-order valence-electron chi connectivity index (χ0n) is 18.1. The Hall–Kier alpha value is -3.33. The molecule has 10 heteroatoms. The summed E-state index contributed by atoms with van der Waals surface area (Å²) in [6.07, 6.45) is -0.965. The fourth-order valence-corrected chi connectivity index (χ4v) is 4.01. The van der Waals surface area contributed by atoms with Gasteiger partial charge in [0.25, 0.3) is 0 Å². The molecular weight excluding hydrogens is 469 g/mol. The predicted molar refractivity (Wildman–Crippen MR) is 123 cm³/mol. The Labute approximate surface area is 199 Å². The molecule has 1 fully saturated rings. The molecule has 1 aromatic carbocycles. The van der Waals surface area contributed by atoms with Gasteiger partial charge in [0.1, 0.15) is 18.2 Å². The maximum Gasteiger partial charge on any atom is 0.417 e. The van der Waals surface area contributed by atoms with Gasteiger partial charge in [-0.1, -0.05) is 23.7 Å². The van der Waals surface area contributed by atoms with Gasteiger partial charge in [-0.2, -0.15) is 13.2 Å². The van der Waals surface area contributed by atoms with Crippen LogP contribution in [0.25, 0.3) is 0 Å². The predicted octanol–water partition coefficient (Wildman–Crippen LogP) is 5.58. The van der Waals surface area contributed by atoms with Crippen molar-refractivity contribution in [1.82, 2.24) is 9.97 Å². The molecule has 0 saturated carbocycles. The molecule has 34 heavy (non-hydrogen) atoms. The van der Waals surface area contributed by atoms with Crippen LogP contribution in [0.5, 0.6) is 5.75 Å². The molecule has 0 aliphatic carbocycles. The molecule has 3 heterocycles. The third-order valence-corrected chi connectivity index (χ3v) is 5.81. The van der Waals surface area contributed by atoms with Gasteiger partial charge in [0.05, 0.1) is 16.3 Å². The Bertz CT molecular complexity index is 1140. The van der Waals surface area contributed by atoms with Crippen molar-refractivity contribution in [3.8, 4) is 5.75 Å². The van der Waals surface area contributed by atoms with E-state index < -0.39 is 11.7 Å². The van der Waals surface area contributed by atoms with Crippen molar-refractivity contribution in [2.45, 2.75) is 25.6 Å². The molecule has 0 unspecified atom stereocenters. The monoisotopic (exact) mass is 490 g/mol. The zero-order chi connectivity index (χ0) is 24.1. The van der Waals surface area contributed by atoms with E-state index in [1.165, 1.54) is 0 Å². The van der Waals surface area contributed by atoms with Crippen LogP contribution < -0.4 is 15.0 Å². The van der Waals surface area contributed by atoms with Crippen molar-refractivity contribution in [3.63, 3.8) is 0 Å². The van der Waals surface area contributed by atoms with Crippen LogP contribution in [0.1, 0.15) is 24.1 Å². The summed E-state index contributed by atoms with van der Waals surface area (Å²) in [6, 6.07) is 13.6.